The van der Waals surface area contributed by atoms with Crippen LogP contribution in [0, 0.1) is 13.8 Å². The Labute approximate surface area is 156 Å². The molecule has 1 aromatic heterocycles. The van der Waals surface area contributed by atoms with Crippen LogP contribution in [0.3, 0.4) is 0 Å². The largest absolute Gasteiger partial charge is 0.466 e. The zero-order valence-corrected chi connectivity index (χ0v) is 16.1. The van der Waals surface area contributed by atoms with Gasteiger partial charge < -0.3 is 20.0 Å². The van der Waals surface area contributed by atoms with Crippen LogP contribution in [0.15, 0.2) is 45.8 Å². The van der Waals surface area contributed by atoms with Gasteiger partial charge in [-0.05, 0) is 51.8 Å². The van der Waals surface area contributed by atoms with Crippen molar-refractivity contribution >= 4 is 11.6 Å². The SMILES string of the molecule is CCNC(=NCc1cc(C)oc1C)NC1CCN(c2ccccc2)CC1. The highest BCUT2D eigenvalue weighted by Crippen LogP contribution is 2.19. The minimum Gasteiger partial charge on any atom is -0.466 e. The van der Waals surface area contributed by atoms with Crippen molar-refractivity contribution in [2.45, 2.75) is 46.2 Å². The summed E-state index contributed by atoms with van der Waals surface area (Å²) >= 11 is 0. The Morgan fingerprint density at radius 2 is 1.92 bits per heavy atom. The number of benzene rings is 1. The summed E-state index contributed by atoms with van der Waals surface area (Å²) in [5.74, 6) is 2.79. The van der Waals surface area contributed by atoms with E-state index in [2.05, 4.69) is 58.9 Å². The molecular formula is C21H30N4O. The number of hydrogen-bond acceptors (Lipinski definition) is 3. The summed E-state index contributed by atoms with van der Waals surface area (Å²) in [5, 5.41) is 6.97. The van der Waals surface area contributed by atoms with Crippen LogP contribution in [0.5, 0.6) is 0 Å². The fourth-order valence-electron chi connectivity index (χ4n) is 3.44. The van der Waals surface area contributed by atoms with Gasteiger partial charge in [0.2, 0.25) is 0 Å². The van der Waals surface area contributed by atoms with Gasteiger partial charge in [-0.25, -0.2) is 4.99 Å². The Kier molecular flexibility index (Phi) is 6.21. The van der Waals surface area contributed by atoms with E-state index in [9.17, 15) is 0 Å². The van der Waals surface area contributed by atoms with Gasteiger partial charge in [-0.1, -0.05) is 18.2 Å². The van der Waals surface area contributed by atoms with Crippen LogP contribution < -0.4 is 15.5 Å². The van der Waals surface area contributed by atoms with Gasteiger partial charge in [0.1, 0.15) is 11.5 Å². The molecule has 0 amide bonds. The molecule has 5 heteroatoms. The second kappa shape index (κ2) is 8.79. The Balaban J connectivity index is 1.55. The molecular weight excluding hydrogens is 324 g/mol. The summed E-state index contributed by atoms with van der Waals surface area (Å²) in [7, 11) is 0. The molecule has 2 N–H and O–H groups in total. The lowest BCUT2D eigenvalue weighted by Crippen LogP contribution is -2.48. The van der Waals surface area contributed by atoms with Gasteiger partial charge in [0.05, 0.1) is 6.54 Å². The summed E-state index contributed by atoms with van der Waals surface area (Å²) < 4.78 is 5.59. The zero-order valence-electron chi connectivity index (χ0n) is 16.1. The highest BCUT2D eigenvalue weighted by Gasteiger charge is 2.20. The molecule has 2 aromatic rings. The van der Waals surface area contributed by atoms with Crippen LogP contribution in [0.1, 0.15) is 36.8 Å². The fourth-order valence-corrected chi connectivity index (χ4v) is 3.44. The molecule has 0 spiro atoms. The van der Waals surface area contributed by atoms with Crippen molar-refractivity contribution in [1.29, 1.82) is 0 Å². The molecule has 5 nitrogen and oxygen atoms in total. The lowest BCUT2D eigenvalue weighted by Gasteiger charge is -2.34. The number of aryl methyl sites for hydroxylation is 2. The Morgan fingerprint density at radius 1 is 1.19 bits per heavy atom. The van der Waals surface area contributed by atoms with Crippen molar-refractivity contribution in [1.82, 2.24) is 10.6 Å². The Hall–Kier alpha value is -2.43. The first-order valence-electron chi connectivity index (χ1n) is 9.56. The normalized spacial score (nSPS) is 16.0. The number of piperidine rings is 1. The third-order valence-electron chi connectivity index (χ3n) is 4.85. The first kappa shape index (κ1) is 18.4. The third kappa shape index (κ3) is 4.81. The maximum absolute atomic E-state index is 5.59. The summed E-state index contributed by atoms with van der Waals surface area (Å²) in [5.41, 5.74) is 2.47. The van der Waals surface area contributed by atoms with E-state index >= 15 is 0 Å². The minimum absolute atomic E-state index is 0.458. The van der Waals surface area contributed by atoms with Crippen LogP contribution in [0.2, 0.25) is 0 Å². The van der Waals surface area contributed by atoms with Crippen LogP contribution in [0.25, 0.3) is 0 Å². The van der Waals surface area contributed by atoms with E-state index in [1.54, 1.807) is 0 Å². The first-order valence-corrected chi connectivity index (χ1v) is 9.56. The number of nitrogens with one attached hydrogen (secondary N) is 2. The summed E-state index contributed by atoms with van der Waals surface area (Å²) in [6.07, 6.45) is 2.23. The number of nitrogens with zero attached hydrogens (tertiary/aromatic N) is 2. The molecule has 1 aromatic carbocycles. The number of aliphatic imine (C=N–C) groups is 1. The van der Waals surface area contributed by atoms with Crippen molar-refractivity contribution in [2.24, 2.45) is 4.99 Å². The molecule has 0 saturated carbocycles. The van der Waals surface area contributed by atoms with Crippen molar-refractivity contribution in [3.05, 3.63) is 53.5 Å². The summed E-state index contributed by atoms with van der Waals surface area (Å²) in [6, 6.07) is 13.2. The van der Waals surface area contributed by atoms with Crippen LogP contribution >= 0.6 is 0 Å². The van der Waals surface area contributed by atoms with Gasteiger partial charge in [-0.15, -0.1) is 0 Å². The number of para-hydroxylation sites is 1. The van der Waals surface area contributed by atoms with Gasteiger partial charge in [0.15, 0.2) is 5.96 Å². The third-order valence-corrected chi connectivity index (χ3v) is 4.85. The van der Waals surface area contributed by atoms with E-state index in [0.717, 1.165) is 55.5 Å². The molecule has 0 atom stereocenters. The van der Waals surface area contributed by atoms with E-state index in [1.807, 2.05) is 13.8 Å². The molecule has 1 fully saturated rings. The summed E-state index contributed by atoms with van der Waals surface area (Å²) in [4.78, 5) is 7.21. The van der Waals surface area contributed by atoms with Crippen molar-refractivity contribution in [2.75, 3.05) is 24.5 Å². The maximum Gasteiger partial charge on any atom is 0.191 e. The van der Waals surface area contributed by atoms with Crippen LogP contribution in [-0.4, -0.2) is 31.6 Å². The number of hydrogen-bond donors (Lipinski definition) is 2. The molecule has 3 rings (SSSR count). The Bertz CT molecular complexity index is 715. The zero-order chi connectivity index (χ0) is 18.4. The van der Waals surface area contributed by atoms with Gasteiger partial charge in [0, 0.05) is 36.9 Å². The maximum atomic E-state index is 5.59. The molecule has 140 valence electrons. The second-order valence-electron chi connectivity index (χ2n) is 6.87. The second-order valence-corrected chi connectivity index (χ2v) is 6.87. The number of rotatable bonds is 5. The van der Waals surface area contributed by atoms with Crippen molar-refractivity contribution in [3.8, 4) is 0 Å². The predicted molar refractivity (Wildman–Crippen MR) is 108 cm³/mol. The number of anilines is 1. The number of guanidine groups is 1. The number of furan rings is 1. The van der Waals surface area contributed by atoms with Crippen molar-refractivity contribution in [3.63, 3.8) is 0 Å². The van der Waals surface area contributed by atoms with Gasteiger partial charge in [0.25, 0.3) is 0 Å². The van der Waals surface area contributed by atoms with Crippen LogP contribution in [0.4, 0.5) is 5.69 Å². The molecule has 1 aliphatic heterocycles. The van der Waals surface area contributed by atoms with E-state index in [0.29, 0.717) is 12.6 Å². The smallest absolute Gasteiger partial charge is 0.191 e. The van der Waals surface area contributed by atoms with Crippen molar-refractivity contribution < 1.29 is 4.42 Å². The first-order chi connectivity index (χ1) is 12.7. The monoisotopic (exact) mass is 354 g/mol. The van der Waals surface area contributed by atoms with E-state index in [4.69, 9.17) is 9.41 Å². The average Bonchev–Trinajstić information content (AvgIpc) is 2.98. The van der Waals surface area contributed by atoms with E-state index < -0.39 is 0 Å². The molecule has 1 saturated heterocycles. The van der Waals surface area contributed by atoms with E-state index in [-0.39, 0.29) is 0 Å². The molecule has 26 heavy (non-hydrogen) atoms. The lowest BCUT2D eigenvalue weighted by atomic mass is 10.0. The van der Waals surface area contributed by atoms with Gasteiger partial charge in [-0.3, -0.25) is 0 Å². The van der Waals surface area contributed by atoms with Gasteiger partial charge in [-0.2, -0.15) is 0 Å². The molecule has 1 aliphatic rings. The highest BCUT2D eigenvalue weighted by molar-refractivity contribution is 5.80. The molecule has 2 heterocycles. The standard InChI is InChI=1S/C21H30N4O/c1-4-22-21(23-15-18-14-16(2)26-17(18)3)24-19-10-12-25(13-11-19)20-8-6-5-7-9-20/h5-9,14,19H,4,10-13,15H2,1-3H3,(H2,22,23,24). The fraction of sp³-hybridized carbons (Fsp3) is 0.476. The van der Waals surface area contributed by atoms with Crippen LogP contribution in [-0.2, 0) is 6.54 Å². The lowest BCUT2D eigenvalue weighted by molar-refractivity contribution is 0.461. The van der Waals surface area contributed by atoms with E-state index in [1.165, 1.54) is 5.69 Å². The van der Waals surface area contributed by atoms with Gasteiger partial charge >= 0.3 is 0 Å². The summed E-state index contributed by atoms with van der Waals surface area (Å²) in [6.45, 7) is 9.71. The molecule has 0 aliphatic carbocycles. The minimum atomic E-state index is 0.458. The quantitative estimate of drug-likeness (QED) is 0.636. The average molecular weight is 354 g/mol. The molecule has 0 radical (unpaired) electrons. The predicted octanol–water partition coefficient (Wildman–Crippen LogP) is 3.62. The molecule has 0 bridgehead atoms. The highest BCUT2D eigenvalue weighted by atomic mass is 16.3. The topological polar surface area (TPSA) is 52.8 Å². The Morgan fingerprint density at radius 3 is 2.54 bits per heavy atom. The molecule has 0 unspecified atom stereocenters.